The van der Waals surface area contributed by atoms with Crippen molar-refractivity contribution in [1.82, 2.24) is 4.90 Å². The van der Waals surface area contributed by atoms with E-state index in [2.05, 4.69) is 0 Å². The molecule has 1 amide bonds. The van der Waals surface area contributed by atoms with Crippen LogP contribution in [0.1, 0.15) is 126 Å². The first-order chi connectivity index (χ1) is 33.9. The fraction of sp³-hybridized carbons (Fsp3) is 0.759. The third-order valence-corrected chi connectivity index (χ3v) is 15.8. The largest absolute Gasteiger partial charge is 0.460 e. The summed E-state index contributed by atoms with van der Waals surface area (Å²) in [6.07, 6.45) is 11.9. The van der Waals surface area contributed by atoms with Crippen molar-refractivity contribution < 1.29 is 76.1 Å². The number of nitrogens with zero attached hydrogens (tertiary/aromatic N) is 1. The number of carbonyl (C=O) groups is 5. The number of carbonyl (C=O) groups excluding carboxylic acids is 5. The van der Waals surface area contributed by atoms with E-state index >= 15 is 0 Å². The van der Waals surface area contributed by atoms with Gasteiger partial charge in [0.05, 0.1) is 30.2 Å². The quantitative estimate of drug-likeness (QED) is 0.0829. The Morgan fingerprint density at radius 1 is 0.875 bits per heavy atom. The molecule has 2 aliphatic heterocycles. The van der Waals surface area contributed by atoms with Gasteiger partial charge in [0.15, 0.2) is 5.78 Å². The van der Waals surface area contributed by atoms with Crippen molar-refractivity contribution >= 4 is 39.1 Å². The van der Waals surface area contributed by atoms with Gasteiger partial charge in [-0.25, -0.2) is 13.2 Å². The van der Waals surface area contributed by atoms with E-state index in [1.807, 2.05) is 44.2 Å². The monoisotopic (exact) mass is 1040 g/mol. The average Bonchev–Trinajstić information content (AvgIpc) is 3.33. The van der Waals surface area contributed by atoms with Gasteiger partial charge in [0.1, 0.15) is 40.0 Å². The van der Waals surface area contributed by atoms with Crippen LogP contribution in [0.3, 0.4) is 0 Å². The molecule has 3 N–H and O–H groups in total. The van der Waals surface area contributed by atoms with E-state index in [4.69, 9.17) is 28.4 Å². The van der Waals surface area contributed by atoms with Crippen LogP contribution in [0.2, 0.25) is 0 Å². The topological polar surface area (TPSA) is 239 Å². The fourth-order valence-electron chi connectivity index (χ4n) is 9.67. The number of ether oxygens (including phenoxy) is 6. The highest BCUT2D eigenvalue weighted by Crippen LogP contribution is 2.37. The molecule has 0 aromatic carbocycles. The maximum Gasteiger partial charge on any atom is 0.328 e. The Morgan fingerprint density at radius 2 is 1.57 bits per heavy atom. The summed E-state index contributed by atoms with van der Waals surface area (Å²) in [7, 11) is 1.09. The van der Waals surface area contributed by atoms with Gasteiger partial charge in [-0.1, -0.05) is 64.2 Å². The third kappa shape index (κ3) is 19.0. The Bertz CT molecular complexity index is 2020. The number of hydrogen-bond acceptors (Lipinski definition) is 16. The number of esters is 1. The SMILES string of the molecule is COC1C(=O)C(C)CC/C=C/C=C/C=C(\C)[C@H](OCCCO)C[C@H]2CC[C@H](C)[C@](O)(O2)C(=O)C(=O)N(C)C(C)C(=O)OC([C@H](C)C[C@@H]2CC[C@@H](OCCCS(C)(=O)=O)[C@H](OC)C2)CC(=O)C(C)/C=C(\C)C1O. The van der Waals surface area contributed by atoms with Gasteiger partial charge in [-0.2, -0.15) is 0 Å². The highest BCUT2D eigenvalue weighted by atomic mass is 32.2. The lowest BCUT2D eigenvalue weighted by Crippen LogP contribution is -2.59. The number of hydrogen-bond donors (Lipinski definition) is 3. The molecule has 0 aromatic heterocycles. The van der Waals surface area contributed by atoms with Gasteiger partial charge in [-0.15, -0.1) is 0 Å². The molecule has 3 rings (SSSR count). The number of Topliss-reactive ketones (excluding diaryl/α,β-unsaturated/α-hetero) is 3. The van der Waals surface area contributed by atoms with Crippen LogP contribution in [-0.2, 0) is 62.2 Å². The Labute approximate surface area is 429 Å². The lowest BCUT2D eigenvalue weighted by atomic mass is 9.78. The van der Waals surface area contributed by atoms with Gasteiger partial charge in [0.25, 0.3) is 11.7 Å². The van der Waals surface area contributed by atoms with Crippen molar-refractivity contribution in [3.8, 4) is 0 Å². The number of rotatable bonds is 14. The van der Waals surface area contributed by atoms with Crippen molar-refractivity contribution in [2.75, 3.05) is 53.1 Å². The Balaban J connectivity index is 1.98. The van der Waals surface area contributed by atoms with E-state index in [0.717, 1.165) is 16.9 Å². The Morgan fingerprint density at radius 3 is 2.22 bits per heavy atom. The second-order valence-corrected chi connectivity index (χ2v) is 22.9. The first-order valence-electron chi connectivity index (χ1n) is 25.8. The molecule has 2 heterocycles. The number of methoxy groups -OCH3 is 2. The van der Waals surface area contributed by atoms with Gasteiger partial charge in [0.2, 0.25) is 5.79 Å². The van der Waals surface area contributed by atoms with Crippen molar-refractivity contribution in [2.24, 2.45) is 29.6 Å². The standard InChI is InChI=1S/C54H87NO16S/c1-34-19-15-13-12-14-16-20-35(2)48(58)50(67-10)49(59)38(5)29-36(3)43(57)33-46(37(4)30-41-22-24-44(47(31-41)66-9)68-27-18-28-72(11,64)65)70-53(62)40(7)55(8)52(61)51(60)54(63)39(6)21-23-42(71-54)32-45(34)69-26-17-25-56/h12-15,19,29,35-37,39-42,44-47,49-50,56,59,63H,16-18,20-28,30-33H2,1-11H3/b14-12+,15-13+,34-19+,38-29+/t35?,36?,37-,39+,40?,41+,42-,44-,45-,46?,47-,49?,50?,54+/m1/s1. The summed E-state index contributed by atoms with van der Waals surface area (Å²) >= 11 is 0. The third-order valence-electron chi connectivity index (χ3n) is 14.7. The molecule has 18 heteroatoms. The Kier molecular flexibility index (Phi) is 26.3. The fourth-order valence-corrected chi connectivity index (χ4v) is 10.3. The molecule has 1 saturated heterocycles. The van der Waals surface area contributed by atoms with Crippen LogP contribution in [0.25, 0.3) is 0 Å². The van der Waals surface area contributed by atoms with Crippen LogP contribution < -0.4 is 0 Å². The molecule has 72 heavy (non-hydrogen) atoms. The van der Waals surface area contributed by atoms with Gasteiger partial charge >= 0.3 is 5.97 Å². The van der Waals surface area contributed by atoms with E-state index in [9.17, 15) is 47.7 Å². The molecular weight excluding hydrogens is 951 g/mol. The van der Waals surface area contributed by atoms with E-state index in [1.54, 1.807) is 40.9 Å². The van der Waals surface area contributed by atoms with Crippen LogP contribution >= 0.6 is 0 Å². The molecule has 410 valence electrons. The normalized spacial score (nSPS) is 35.9. The predicted octanol–water partition coefficient (Wildman–Crippen LogP) is 5.61. The van der Waals surface area contributed by atoms with Crippen molar-refractivity contribution in [1.29, 1.82) is 0 Å². The van der Waals surface area contributed by atoms with Crippen LogP contribution in [0.5, 0.6) is 0 Å². The van der Waals surface area contributed by atoms with Crippen molar-refractivity contribution in [3.63, 3.8) is 0 Å². The molecule has 3 aliphatic rings. The Hall–Kier alpha value is -3.46. The van der Waals surface area contributed by atoms with Crippen LogP contribution in [0.15, 0.2) is 47.6 Å². The molecule has 6 unspecified atom stereocenters. The molecule has 0 aromatic rings. The van der Waals surface area contributed by atoms with Crippen LogP contribution in [0.4, 0.5) is 0 Å². The lowest BCUT2D eigenvalue weighted by Gasteiger charge is -2.41. The molecule has 1 aliphatic carbocycles. The minimum Gasteiger partial charge on any atom is -0.460 e. The maximum absolute atomic E-state index is 14.1. The molecular formula is C54H87NO16S. The molecule has 2 fully saturated rings. The minimum atomic E-state index is -3.13. The molecule has 17 nitrogen and oxygen atoms in total. The highest BCUT2D eigenvalue weighted by Gasteiger charge is 2.52. The summed E-state index contributed by atoms with van der Waals surface area (Å²) in [6.45, 7) is 12.3. The van der Waals surface area contributed by atoms with Crippen LogP contribution in [0, 0.1) is 29.6 Å². The smallest absolute Gasteiger partial charge is 0.328 e. The van der Waals surface area contributed by atoms with E-state index in [0.29, 0.717) is 63.4 Å². The summed E-state index contributed by atoms with van der Waals surface area (Å²) in [6, 6.07) is -1.34. The van der Waals surface area contributed by atoms with E-state index in [-0.39, 0.29) is 68.1 Å². The second-order valence-electron chi connectivity index (χ2n) is 20.6. The second kappa shape index (κ2) is 30.2. The van der Waals surface area contributed by atoms with Crippen molar-refractivity contribution in [3.05, 3.63) is 47.6 Å². The molecule has 0 spiro atoms. The van der Waals surface area contributed by atoms with Gasteiger partial charge in [0, 0.05) is 77.9 Å². The van der Waals surface area contributed by atoms with Gasteiger partial charge in [-0.3, -0.25) is 19.2 Å². The summed E-state index contributed by atoms with van der Waals surface area (Å²) in [5.41, 5.74) is 1.17. The highest BCUT2D eigenvalue weighted by molar-refractivity contribution is 7.90. The van der Waals surface area contributed by atoms with E-state index in [1.165, 1.54) is 27.3 Å². The summed E-state index contributed by atoms with van der Waals surface area (Å²) in [4.78, 5) is 70.9. The van der Waals surface area contributed by atoms with Crippen molar-refractivity contribution in [2.45, 2.75) is 180 Å². The molecule has 0 radical (unpaired) electrons. The van der Waals surface area contributed by atoms with Gasteiger partial charge in [-0.05, 0) is 108 Å². The number of ketones is 3. The summed E-state index contributed by atoms with van der Waals surface area (Å²) in [5, 5.41) is 32.8. The maximum atomic E-state index is 14.1. The average molecular weight is 1040 g/mol. The number of likely N-dealkylation sites (N-methyl/N-ethyl adjacent to an activating group) is 1. The number of allylic oxidation sites excluding steroid dienone is 6. The predicted molar refractivity (Wildman–Crippen MR) is 272 cm³/mol. The lowest BCUT2D eigenvalue weighted by molar-refractivity contribution is -0.265. The first kappa shape index (κ1) is 62.8. The number of sulfone groups is 1. The zero-order valence-corrected chi connectivity index (χ0v) is 45.6. The zero-order chi connectivity index (χ0) is 53.9. The minimum absolute atomic E-state index is 0.0193. The number of amides is 1. The number of aliphatic hydroxyl groups is 3. The molecule has 1 saturated carbocycles. The molecule has 2 bridgehead atoms. The zero-order valence-electron chi connectivity index (χ0n) is 44.8. The summed E-state index contributed by atoms with van der Waals surface area (Å²) in [5.74, 6) is -8.73. The number of cyclic esters (lactones) is 1. The molecule has 14 atom stereocenters. The number of fused-ring (bicyclic) bond motifs is 2. The number of aliphatic hydroxyl groups excluding tert-OH is 2. The summed E-state index contributed by atoms with van der Waals surface area (Å²) < 4.78 is 59.1. The van der Waals surface area contributed by atoms with E-state index < -0.39 is 93.5 Å². The first-order valence-corrected chi connectivity index (χ1v) is 27.9. The van der Waals surface area contributed by atoms with Crippen LogP contribution in [-0.4, -0.2) is 166 Å². The van der Waals surface area contributed by atoms with Gasteiger partial charge < -0.3 is 48.6 Å².